The van der Waals surface area contributed by atoms with E-state index in [0.717, 1.165) is 24.1 Å². The molecule has 0 radical (unpaired) electrons. The van der Waals surface area contributed by atoms with Crippen molar-refractivity contribution in [3.63, 3.8) is 0 Å². The van der Waals surface area contributed by atoms with E-state index in [9.17, 15) is 0 Å². The van der Waals surface area contributed by atoms with Gasteiger partial charge < -0.3 is 9.88 Å². The first kappa shape index (κ1) is 12.6. The van der Waals surface area contributed by atoms with Crippen LogP contribution in [0.2, 0.25) is 0 Å². The van der Waals surface area contributed by atoms with E-state index >= 15 is 0 Å². The van der Waals surface area contributed by atoms with Gasteiger partial charge in [-0.05, 0) is 32.1 Å². The topological polar surface area (TPSA) is 42.7 Å². The van der Waals surface area contributed by atoms with Crippen LogP contribution in [0.5, 0.6) is 0 Å². The number of aryl methyl sites for hydroxylation is 1. The van der Waals surface area contributed by atoms with Crippen LogP contribution in [0.3, 0.4) is 0 Å². The minimum Gasteiger partial charge on any atom is -0.317 e. The quantitative estimate of drug-likeness (QED) is 0.818. The molecule has 2 unspecified atom stereocenters. The standard InChI is InChI=1S/C13H24N4/c1-10-5-4-6-12(8-7-10)14-9-13-16-15-11(2)17(13)3/h10,12,14H,4-9H2,1-3H3. The molecule has 0 aliphatic heterocycles. The van der Waals surface area contributed by atoms with E-state index in [1.54, 1.807) is 0 Å². The third kappa shape index (κ3) is 3.28. The average Bonchev–Trinajstić information content (AvgIpc) is 2.53. The largest absolute Gasteiger partial charge is 0.317 e. The summed E-state index contributed by atoms with van der Waals surface area (Å²) in [6.45, 7) is 5.20. The Labute approximate surface area is 104 Å². The Hall–Kier alpha value is -0.900. The van der Waals surface area contributed by atoms with Crippen LogP contribution >= 0.6 is 0 Å². The second-order valence-electron chi connectivity index (χ2n) is 5.41. The van der Waals surface area contributed by atoms with Gasteiger partial charge in [-0.3, -0.25) is 0 Å². The predicted molar refractivity (Wildman–Crippen MR) is 68.6 cm³/mol. The van der Waals surface area contributed by atoms with Crippen LogP contribution in [0.25, 0.3) is 0 Å². The van der Waals surface area contributed by atoms with Crippen LogP contribution in [-0.2, 0) is 13.6 Å². The summed E-state index contributed by atoms with van der Waals surface area (Å²) in [5.41, 5.74) is 0. The third-order valence-electron chi connectivity index (χ3n) is 3.99. The molecule has 96 valence electrons. The van der Waals surface area contributed by atoms with Crippen LogP contribution in [0.15, 0.2) is 0 Å². The maximum atomic E-state index is 4.19. The summed E-state index contributed by atoms with van der Waals surface area (Å²) >= 11 is 0. The molecule has 2 atom stereocenters. The molecule has 1 heterocycles. The molecule has 1 aliphatic carbocycles. The first-order chi connectivity index (χ1) is 8.16. The van der Waals surface area contributed by atoms with Crippen LogP contribution < -0.4 is 5.32 Å². The van der Waals surface area contributed by atoms with Gasteiger partial charge in [-0.1, -0.05) is 19.8 Å². The van der Waals surface area contributed by atoms with E-state index in [2.05, 4.69) is 27.0 Å². The summed E-state index contributed by atoms with van der Waals surface area (Å²) in [5, 5.41) is 11.9. The van der Waals surface area contributed by atoms with E-state index in [0.29, 0.717) is 6.04 Å². The second kappa shape index (κ2) is 5.63. The highest BCUT2D eigenvalue weighted by Gasteiger charge is 2.16. The molecule has 1 N–H and O–H groups in total. The molecule has 4 nitrogen and oxygen atoms in total. The van der Waals surface area contributed by atoms with Crippen molar-refractivity contribution in [3.8, 4) is 0 Å². The van der Waals surface area contributed by atoms with Crippen molar-refractivity contribution in [2.24, 2.45) is 13.0 Å². The Morgan fingerprint density at radius 2 is 2.06 bits per heavy atom. The lowest BCUT2D eigenvalue weighted by atomic mass is 10.0. The van der Waals surface area contributed by atoms with E-state index in [1.165, 1.54) is 32.1 Å². The lowest BCUT2D eigenvalue weighted by Crippen LogP contribution is -2.29. The molecule has 1 aliphatic rings. The molecule has 0 saturated heterocycles. The van der Waals surface area contributed by atoms with Gasteiger partial charge in [0.05, 0.1) is 6.54 Å². The molecule has 0 spiro atoms. The monoisotopic (exact) mass is 236 g/mol. The van der Waals surface area contributed by atoms with Gasteiger partial charge >= 0.3 is 0 Å². The van der Waals surface area contributed by atoms with Crippen molar-refractivity contribution in [2.75, 3.05) is 0 Å². The van der Waals surface area contributed by atoms with Gasteiger partial charge in [0, 0.05) is 13.1 Å². The maximum Gasteiger partial charge on any atom is 0.146 e. The summed E-state index contributed by atoms with van der Waals surface area (Å²) in [7, 11) is 2.03. The molecule has 17 heavy (non-hydrogen) atoms. The van der Waals surface area contributed by atoms with Gasteiger partial charge in [-0.15, -0.1) is 10.2 Å². The Morgan fingerprint density at radius 3 is 2.76 bits per heavy atom. The second-order valence-corrected chi connectivity index (χ2v) is 5.41. The first-order valence-corrected chi connectivity index (χ1v) is 6.75. The summed E-state index contributed by atoms with van der Waals surface area (Å²) in [5.74, 6) is 2.93. The third-order valence-corrected chi connectivity index (χ3v) is 3.99. The molecular formula is C13H24N4. The zero-order chi connectivity index (χ0) is 12.3. The zero-order valence-electron chi connectivity index (χ0n) is 11.2. The fourth-order valence-corrected chi connectivity index (χ4v) is 2.53. The SMILES string of the molecule is Cc1nnc(CNC2CCCC(C)CC2)n1C. The van der Waals surface area contributed by atoms with Crippen molar-refractivity contribution in [1.82, 2.24) is 20.1 Å². The summed E-state index contributed by atoms with van der Waals surface area (Å²) in [6.07, 6.45) is 6.71. The van der Waals surface area contributed by atoms with Crippen molar-refractivity contribution in [1.29, 1.82) is 0 Å². The van der Waals surface area contributed by atoms with Crippen molar-refractivity contribution in [3.05, 3.63) is 11.6 Å². The van der Waals surface area contributed by atoms with Gasteiger partial charge in [-0.2, -0.15) is 0 Å². The van der Waals surface area contributed by atoms with Gasteiger partial charge in [0.25, 0.3) is 0 Å². The van der Waals surface area contributed by atoms with E-state index < -0.39 is 0 Å². The minimum atomic E-state index is 0.664. The molecule has 0 bridgehead atoms. The Morgan fingerprint density at radius 1 is 1.24 bits per heavy atom. The Kier molecular flexibility index (Phi) is 4.15. The fourth-order valence-electron chi connectivity index (χ4n) is 2.53. The first-order valence-electron chi connectivity index (χ1n) is 6.75. The number of aromatic nitrogens is 3. The van der Waals surface area contributed by atoms with Crippen molar-refractivity contribution < 1.29 is 0 Å². The molecule has 0 amide bonds. The highest BCUT2D eigenvalue weighted by molar-refractivity contribution is 4.92. The molecular weight excluding hydrogens is 212 g/mol. The van der Waals surface area contributed by atoms with Crippen LogP contribution in [0.1, 0.15) is 50.7 Å². The lowest BCUT2D eigenvalue weighted by molar-refractivity contribution is 0.438. The number of hydrogen-bond acceptors (Lipinski definition) is 3. The summed E-state index contributed by atoms with van der Waals surface area (Å²) < 4.78 is 2.06. The fraction of sp³-hybridized carbons (Fsp3) is 0.846. The average molecular weight is 236 g/mol. The van der Waals surface area contributed by atoms with Gasteiger partial charge in [0.2, 0.25) is 0 Å². The van der Waals surface area contributed by atoms with Crippen LogP contribution in [0, 0.1) is 12.8 Å². The molecule has 4 heteroatoms. The van der Waals surface area contributed by atoms with Gasteiger partial charge in [0.1, 0.15) is 11.6 Å². The van der Waals surface area contributed by atoms with Crippen LogP contribution in [-0.4, -0.2) is 20.8 Å². The normalized spacial score (nSPS) is 25.8. The molecule has 0 aromatic carbocycles. The highest BCUT2D eigenvalue weighted by Crippen LogP contribution is 2.22. The maximum absolute atomic E-state index is 4.19. The van der Waals surface area contributed by atoms with Gasteiger partial charge in [-0.25, -0.2) is 0 Å². The van der Waals surface area contributed by atoms with Crippen molar-refractivity contribution in [2.45, 2.75) is 58.5 Å². The number of rotatable bonds is 3. The smallest absolute Gasteiger partial charge is 0.146 e. The molecule has 1 saturated carbocycles. The van der Waals surface area contributed by atoms with Crippen molar-refractivity contribution >= 4 is 0 Å². The number of nitrogens with zero attached hydrogens (tertiary/aromatic N) is 3. The Bertz CT molecular complexity index is 358. The predicted octanol–water partition coefficient (Wildman–Crippen LogP) is 2.18. The Balaban J connectivity index is 1.83. The van der Waals surface area contributed by atoms with Gasteiger partial charge in [0.15, 0.2) is 0 Å². The molecule has 1 fully saturated rings. The van der Waals surface area contributed by atoms with E-state index in [-0.39, 0.29) is 0 Å². The van der Waals surface area contributed by atoms with E-state index in [1.807, 2.05) is 14.0 Å². The lowest BCUT2D eigenvalue weighted by Gasteiger charge is -2.15. The minimum absolute atomic E-state index is 0.664. The summed E-state index contributed by atoms with van der Waals surface area (Å²) in [4.78, 5) is 0. The zero-order valence-corrected chi connectivity index (χ0v) is 11.2. The molecule has 1 aromatic rings. The highest BCUT2D eigenvalue weighted by atomic mass is 15.3. The molecule has 2 rings (SSSR count). The van der Waals surface area contributed by atoms with E-state index in [4.69, 9.17) is 0 Å². The molecule has 1 aromatic heterocycles. The number of nitrogens with one attached hydrogen (secondary N) is 1. The van der Waals surface area contributed by atoms with Crippen LogP contribution in [0.4, 0.5) is 0 Å². The summed E-state index contributed by atoms with van der Waals surface area (Å²) in [6, 6.07) is 0.664. The number of hydrogen-bond donors (Lipinski definition) is 1.